The number of rotatable bonds is 0. The molecule has 1 aromatic heterocycles. The van der Waals surface area contributed by atoms with Gasteiger partial charge in [0.2, 0.25) is 0 Å². The zero-order valence-electron chi connectivity index (χ0n) is 11.7. The molecule has 104 valence electrons. The lowest BCUT2D eigenvalue weighted by molar-refractivity contribution is 1.56. The summed E-state index contributed by atoms with van der Waals surface area (Å²) in [6.45, 7) is 0. The van der Waals surface area contributed by atoms with Crippen molar-refractivity contribution in [1.82, 2.24) is 4.98 Å². The van der Waals surface area contributed by atoms with Gasteiger partial charge in [-0.15, -0.1) is 0 Å². The molecular weight excluding hydrogens is 290 g/mol. The summed E-state index contributed by atoms with van der Waals surface area (Å²) in [6, 6.07) is 23.4. The number of nitrogens with one attached hydrogen (secondary N) is 1. The van der Waals surface area contributed by atoms with Crippen molar-refractivity contribution in [2.24, 2.45) is 0 Å². The third-order valence-corrected chi connectivity index (χ3v) is 4.65. The van der Waals surface area contributed by atoms with E-state index in [9.17, 15) is 0 Å². The van der Waals surface area contributed by atoms with Crippen molar-refractivity contribution in [1.29, 1.82) is 0 Å². The fourth-order valence-electron chi connectivity index (χ4n) is 3.36. The molecule has 0 amide bonds. The number of aromatic nitrogens is 1. The van der Waals surface area contributed by atoms with Gasteiger partial charge in [-0.3, -0.25) is 0 Å². The Morgan fingerprint density at radius 1 is 0.636 bits per heavy atom. The van der Waals surface area contributed by atoms with Gasteiger partial charge in [0.05, 0.1) is 5.52 Å². The van der Waals surface area contributed by atoms with E-state index in [1.807, 2.05) is 12.1 Å². The standard InChI is InChI=1S/C20H12ClN/c21-15-6-8-16-17-7-5-14-9-12-3-1-2-4-13(12)10-18(14)20(17)22-19(16)11-15/h1-11,22H. The first-order valence-electron chi connectivity index (χ1n) is 7.32. The molecule has 2 heteroatoms. The van der Waals surface area contributed by atoms with Crippen molar-refractivity contribution in [2.45, 2.75) is 0 Å². The lowest BCUT2D eigenvalue weighted by Gasteiger charge is -2.03. The Morgan fingerprint density at radius 3 is 2.27 bits per heavy atom. The van der Waals surface area contributed by atoms with Crippen LogP contribution in [-0.2, 0) is 0 Å². The molecule has 0 atom stereocenters. The second kappa shape index (κ2) is 4.25. The van der Waals surface area contributed by atoms with E-state index < -0.39 is 0 Å². The number of benzene rings is 4. The van der Waals surface area contributed by atoms with Crippen LogP contribution in [0.4, 0.5) is 0 Å². The van der Waals surface area contributed by atoms with Crippen LogP contribution in [0.3, 0.4) is 0 Å². The summed E-state index contributed by atoms with van der Waals surface area (Å²) in [5, 5.41) is 8.26. The Kier molecular flexibility index (Phi) is 2.33. The van der Waals surface area contributed by atoms with Crippen LogP contribution in [0, 0.1) is 0 Å². The van der Waals surface area contributed by atoms with E-state index in [4.69, 9.17) is 11.6 Å². The van der Waals surface area contributed by atoms with E-state index in [2.05, 4.69) is 59.6 Å². The highest BCUT2D eigenvalue weighted by Crippen LogP contribution is 2.34. The van der Waals surface area contributed by atoms with Crippen molar-refractivity contribution in [3.8, 4) is 0 Å². The minimum Gasteiger partial charge on any atom is -0.354 e. The molecule has 5 rings (SSSR count). The van der Waals surface area contributed by atoms with Gasteiger partial charge >= 0.3 is 0 Å². The van der Waals surface area contributed by atoms with E-state index in [0.717, 1.165) is 10.5 Å². The first kappa shape index (κ1) is 12.1. The second-order valence-electron chi connectivity index (χ2n) is 5.72. The van der Waals surface area contributed by atoms with E-state index in [-0.39, 0.29) is 0 Å². The molecule has 0 unspecified atom stereocenters. The summed E-state index contributed by atoms with van der Waals surface area (Å²) in [5.41, 5.74) is 2.27. The van der Waals surface area contributed by atoms with E-state index in [1.54, 1.807) is 0 Å². The van der Waals surface area contributed by atoms with E-state index >= 15 is 0 Å². The summed E-state index contributed by atoms with van der Waals surface area (Å²) in [4.78, 5) is 3.54. The van der Waals surface area contributed by atoms with Gasteiger partial charge in [0.25, 0.3) is 0 Å². The van der Waals surface area contributed by atoms with Gasteiger partial charge in [0, 0.05) is 26.7 Å². The average molecular weight is 302 g/mol. The van der Waals surface area contributed by atoms with Crippen LogP contribution in [0.1, 0.15) is 0 Å². The number of hydrogen-bond donors (Lipinski definition) is 1. The van der Waals surface area contributed by atoms with Crippen LogP contribution >= 0.6 is 11.6 Å². The third kappa shape index (κ3) is 1.60. The van der Waals surface area contributed by atoms with Crippen LogP contribution in [0.15, 0.2) is 66.7 Å². The smallest absolute Gasteiger partial charge is 0.0544 e. The summed E-state index contributed by atoms with van der Waals surface area (Å²) in [6.07, 6.45) is 0. The molecule has 1 nitrogen and oxygen atoms in total. The van der Waals surface area contributed by atoms with Gasteiger partial charge in [-0.2, -0.15) is 0 Å². The van der Waals surface area contributed by atoms with Crippen LogP contribution in [-0.4, -0.2) is 4.98 Å². The van der Waals surface area contributed by atoms with Crippen molar-refractivity contribution in [3.63, 3.8) is 0 Å². The predicted molar refractivity (Wildman–Crippen MR) is 95.8 cm³/mol. The van der Waals surface area contributed by atoms with Crippen LogP contribution in [0.2, 0.25) is 5.02 Å². The topological polar surface area (TPSA) is 15.8 Å². The number of halogens is 1. The normalized spacial score (nSPS) is 11.9. The summed E-state index contributed by atoms with van der Waals surface area (Å²) in [7, 11) is 0. The van der Waals surface area contributed by atoms with Gasteiger partial charge in [-0.1, -0.05) is 54.1 Å². The molecule has 0 bridgehead atoms. The van der Waals surface area contributed by atoms with E-state index in [0.29, 0.717) is 0 Å². The van der Waals surface area contributed by atoms with Crippen molar-refractivity contribution in [2.75, 3.05) is 0 Å². The van der Waals surface area contributed by atoms with E-state index in [1.165, 1.54) is 37.8 Å². The van der Waals surface area contributed by atoms with Crippen molar-refractivity contribution >= 4 is 55.0 Å². The fourth-order valence-corrected chi connectivity index (χ4v) is 3.53. The molecular formula is C20H12ClN. The van der Waals surface area contributed by atoms with Gasteiger partial charge in [-0.05, 0) is 40.4 Å². The number of hydrogen-bond acceptors (Lipinski definition) is 0. The molecule has 0 aliphatic rings. The zero-order valence-corrected chi connectivity index (χ0v) is 12.5. The van der Waals surface area contributed by atoms with Gasteiger partial charge in [-0.25, -0.2) is 0 Å². The molecule has 0 aliphatic carbocycles. The molecule has 1 N–H and O–H groups in total. The minimum atomic E-state index is 0.758. The van der Waals surface area contributed by atoms with Gasteiger partial charge < -0.3 is 4.98 Å². The second-order valence-corrected chi connectivity index (χ2v) is 6.16. The molecule has 5 aromatic rings. The van der Waals surface area contributed by atoms with Crippen LogP contribution in [0.25, 0.3) is 43.4 Å². The third-order valence-electron chi connectivity index (χ3n) is 4.42. The molecule has 1 heterocycles. The molecule has 0 radical (unpaired) electrons. The monoisotopic (exact) mass is 301 g/mol. The molecule has 4 aromatic carbocycles. The molecule has 22 heavy (non-hydrogen) atoms. The maximum absolute atomic E-state index is 6.12. The molecule has 0 spiro atoms. The molecule has 0 saturated heterocycles. The van der Waals surface area contributed by atoms with Gasteiger partial charge in [0.15, 0.2) is 0 Å². The average Bonchev–Trinajstić information content (AvgIpc) is 2.91. The van der Waals surface area contributed by atoms with Crippen LogP contribution < -0.4 is 0 Å². The van der Waals surface area contributed by atoms with Crippen molar-refractivity contribution < 1.29 is 0 Å². The fraction of sp³-hybridized carbons (Fsp3) is 0. The van der Waals surface area contributed by atoms with Gasteiger partial charge in [0.1, 0.15) is 0 Å². The first-order valence-corrected chi connectivity index (χ1v) is 7.70. The molecule has 0 fully saturated rings. The SMILES string of the molecule is Clc1ccc2c(c1)[nH]c1c3cc4ccccc4cc3ccc21. The quantitative estimate of drug-likeness (QED) is 0.324. The highest BCUT2D eigenvalue weighted by Gasteiger charge is 2.08. The maximum Gasteiger partial charge on any atom is 0.0544 e. The predicted octanol–water partition coefficient (Wildman–Crippen LogP) is 6.28. The Morgan fingerprint density at radius 2 is 1.41 bits per heavy atom. The Balaban J connectivity index is 2.01. The minimum absolute atomic E-state index is 0.758. The Hall–Kier alpha value is -2.51. The lowest BCUT2D eigenvalue weighted by Crippen LogP contribution is -1.78. The Bertz CT molecular complexity index is 1180. The zero-order chi connectivity index (χ0) is 14.7. The highest BCUT2D eigenvalue weighted by molar-refractivity contribution is 6.31. The number of H-pyrrole nitrogens is 1. The highest BCUT2D eigenvalue weighted by atomic mass is 35.5. The largest absolute Gasteiger partial charge is 0.354 e. The summed E-state index contributed by atoms with van der Waals surface area (Å²) >= 11 is 6.12. The molecule has 0 aliphatic heterocycles. The number of fused-ring (bicyclic) bond motifs is 6. The molecule has 0 saturated carbocycles. The first-order chi connectivity index (χ1) is 10.8. The maximum atomic E-state index is 6.12. The summed E-state index contributed by atoms with van der Waals surface area (Å²) < 4.78 is 0. The lowest BCUT2D eigenvalue weighted by atomic mass is 10.0. The van der Waals surface area contributed by atoms with Crippen molar-refractivity contribution in [3.05, 3.63) is 71.8 Å². The summed E-state index contributed by atoms with van der Waals surface area (Å²) in [5.74, 6) is 0. The Labute approximate surface area is 132 Å². The number of aromatic amines is 1. The van der Waals surface area contributed by atoms with Crippen LogP contribution in [0.5, 0.6) is 0 Å².